The summed E-state index contributed by atoms with van der Waals surface area (Å²) in [5.74, 6) is -1.41. The first-order valence-corrected chi connectivity index (χ1v) is 3.28. The lowest BCUT2D eigenvalue weighted by molar-refractivity contribution is -0.164. The van der Waals surface area contributed by atoms with Crippen LogP contribution >= 0.6 is 0 Å². The van der Waals surface area contributed by atoms with E-state index in [0.717, 1.165) is 6.08 Å². The summed E-state index contributed by atoms with van der Waals surface area (Å²) in [7, 11) is 0. The lowest BCUT2D eigenvalue weighted by atomic mass is 9.99. The van der Waals surface area contributed by atoms with Crippen LogP contribution in [0.15, 0.2) is 17.1 Å². The van der Waals surface area contributed by atoms with E-state index in [1.54, 1.807) is 0 Å². The van der Waals surface area contributed by atoms with E-state index in [1.807, 2.05) is 0 Å². The van der Waals surface area contributed by atoms with Gasteiger partial charge in [-0.05, 0) is 13.0 Å². The highest BCUT2D eigenvalue weighted by molar-refractivity contribution is 5.72. The fourth-order valence-corrected chi connectivity index (χ4v) is 0.991. The minimum Gasteiger partial charge on any atom is -0.289 e. The molecule has 0 amide bonds. The van der Waals surface area contributed by atoms with Gasteiger partial charge in [0, 0.05) is 6.21 Å². The Hall–Kier alpha value is -0.800. The van der Waals surface area contributed by atoms with Crippen molar-refractivity contribution in [2.75, 3.05) is 0 Å². The predicted octanol–water partition coefficient (Wildman–Crippen LogP) is 2.19. The molecule has 0 saturated heterocycles. The van der Waals surface area contributed by atoms with Crippen LogP contribution < -0.4 is 0 Å². The largest absolute Gasteiger partial charge is 0.397 e. The molecule has 0 fully saturated rings. The van der Waals surface area contributed by atoms with Crippen LogP contribution in [0.4, 0.5) is 13.2 Å². The van der Waals surface area contributed by atoms with Crippen molar-refractivity contribution in [3.05, 3.63) is 12.2 Å². The highest BCUT2D eigenvalue weighted by atomic mass is 19.4. The van der Waals surface area contributed by atoms with Crippen molar-refractivity contribution < 1.29 is 13.2 Å². The molecule has 1 aliphatic heterocycles. The summed E-state index contributed by atoms with van der Waals surface area (Å²) < 4.78 is 36.2. The van der Waals surface area contributed by atoms with E-state index in [1.165, 1.54) is 19.2 Å². The molecule has 1 aliphatic rings. The minimum atomic E-state index is -4.16. The van der Waals surface area contributed by atoms with E-state index < -0.39 is 18.1 Å². The smallest absolute Gasteiger partial charge is 0.289 e. The topological polar surface area (TPSA) is 12.4 Å². The molecule has 62 valence electrons. The number of alkyl halides is 3. The molecule has 0 radical (unpaired) electrons. The first kappa shape index (κ1) is 8.30. The molecule has 0 saturated carbocycles. The summed E-state index contributed by atoms with van der Waals surface area (Å²) >= 11 is 0. The monoisotopic (exact) mass is 163 g/mol. The van der Waals surface area contributed by atoms with Gasteiger partial charge < -0.3 is 0 Å². The molecular formula is C7H8F3N. The SMILES string of the molecule is C[C@H]1N=CC=CC1C(F)(F)F. The highest BCUT2D eigenvalue weighted by Gasteiger charge is 2.41. The van der Waals surface area contributed by atoms with Crippen LogP contribution in [0, 0.1) is 5.92 Å². The van der Waals surface area contributed by atoms with Crippen LogP contribution in [0.1, 0.15) is 6.92 Å². The van der Waals surface area contributed by atoms with Gasteiger partial charge in [-0.15, -0.1) is 0 Å². The molecule has 2 atom stereocenters. The third-order valence-electron chi connectivity index (χ3n) is 1.62. The number of hydrogen-bond donors (Lipinski definition) is 0. The maximum absolute atomic E-state index is 12.1. The Balaban J connectivity index is 2.74. The van der Waals surface area contributed by atoms with Gasteiger partial charge >= 0.3 is 6.18 Å². The second kappa shape index (κ2) is 2.68. The summed E-state index contributed by atoms with van der Waals surface area (Å²) in [6.07, 6.45) is -0.295. The summed E-state index contributed by atoms with van der Waals surface area (Å²) in [6, 6.07) is -0.681. The second-order valence-electron chi connectivity index (χ2n) is 2.49. The van der Waals surface area contributed by atoms with Gasteiger partial charge in [-0.1, -0.05) is 6.08 Å². The molecule has 0 spiro atoms. The Bertz CT molecular complexity index is 192. The first-order valence-electron chi connectivity index (χ1n) is 3.28. The Labute approximate surface area is 62.6 Å². The predicted molar refractivity (Wildman–Crippen MR) is 36.6 cm³/mol. The number of rotatable bonds is 0. The molecule has 1 unspecified atom stereocenters. The van der Waals surface area contributed by atoms with Crippen LogP contribution in [0.25, 0.3) is 0 Å². The molecule has 1 heterocycles. The Morgan fingerprint density at radius 1 is 1.36 bits per heavy atom. The molecule has 0 aliphatic carbocycles. The van der Waals surface area contributed by atoms with Gasteiger partial charge in [0.25, 0.3) is 0 Å². The maximum atomic E-state index is 12.1. The van der Waals surface area contributed by atoms with Crippen LogP contribution in [-0.4, -0.2) is 18.4 Å². The zero-order valence-electron chi connectivity index (χ0n) is 5.97. The standard InChI is InChI=1S/C7H8F3N/c1-5-6(7(8,9)10)3-2-4-11-5/h2-6H,1H3/t5-,6?/m1/s1. The number of allylic oxidation sites excluding steroid dienone is 1. The molecular weight excluding hydrogens is 155 g/mol. The van der Waals surface area contributed by atoms with Gasteiger partial charge in [-0.25, -0.2) is 0 Å². The molecule has 0 N–H and O–H groups in total. The molecule has 11 heavy (non-hydrogen) atoms. The lowest BCUT2D eigenvalue weighted by Crippen LogP contribution is -2.31. The average Bonchev–Trinajstić information content (AvgIpc) is 1.86. The Morgan fingerprint density at radius 3 is 2.36 bits per heavy atom. The molecule has 0 bridgehead atoms. The van der Waals surface area contributed by atoms with Crippen molar-refractivity contribution >= 4 is 6.21 Å². The van der Waals surface area contributed by atoms with Crippen LogP contribution in [-0.2, 0) is 0 Å². The van der Waals surface area contributed by atoms with E-state index in [4.69, 9.17) is 0 Å². The zero-order chi connectivity index (χ0) is 8.48. The fourth-order valence-electron chi connectivity index (χ4n) is 0.991. The molecule has 4 heteroatoms. The van der Waals surface area contributed by atoms with Crippen LogP contribution in [0.2, 0.25) is 0 Å². The van der Waals surface area contributed by atoms with Gasteiger partial charge in [-0.3, -0.25) is 4.99 Å². The molecule has 0 aromatic carbocycles. The summed E-state index contributed by atoms with van der Waals surface area (Å²) in [5, 5.41) is 0. The quantitative estimate of drug-likeness (QED) is 0.519. The third-order valence-corrected chi connectivity index (χ3v) is 1.62. The first-order chi connectivity index (χ1) is 5.02. The van der Waals surface area contributed by atoms with E-state index in [-0.39, 0.29) is 0 Å². The van der Waals surface area contributed by atoms with E-state index >= 15 is 0 Å². The van der Waals surface area contributed by atoms with E-state index in [9.17, 15) is 13.2 Å². The van der Waals surface area contributed by atoms with Gasteiger partial charge in [-0.2, -0.15) is 13.2 Å². The van der Waals surface area contributed by atoms with Crippen molar-refractivity contribution in [3.8, 4) is 0 Å². The lowest BCUT2D eigenvalue weighted by Gasteiger charge is -2.22. The number of nitrogens with zero attached hydrogens (tertiary/aromatic N) is 1. The second-order valence-corrected chi connectivity index (χ2v) is 2.49. The number of hydrogen-bond acceptors (Lipinski definition) is 1. The molecule has 1 nitrogen and oxygen atoms in total. The van der Waals surface area contributed by atoms with Crippen molar-refractivity contribution in [1.82, 2.24) is 0 Å². The Kier molecular flexibility index (Phi) is 2.02. The molecule has 0 aromatic rings. The van der Waals surface area contributed by atoms with Gasteiger partial charge in [0.05, 0.1) is 12.0 Å². The van der Waals surface area contributed by atoms with Crippen molar-refractivity contribution in [2.24, 2.45) is 10.9 Å². The number of dihydropyridines is 1. The molecule has 1 rings (SSSR count). The Morgan fingerprint density at radius 2 is 2.00 bits per heavy atom. The van der Waals surface area contributed by atoms with Crippen molar-refractivity contribution in [3.63, 3.8) is 0 Å². The number of halogens is 3. The minimum absolute atomic E-state index is 0.681. The fraction of sp³-hybridized carbons (Fsp3) is 0.571. The van der Waals surface area contributed by atoms with Gasteiger partial charge in [0.15, 0.2) is 0 Å². The van der Waals surface area contributed by atoms with Crippen molar-refractivity contribution in [1.29, 1.82) is 0 Å². The van der Waals surface area contributed by atoms with E-state index in [0.29, 0.717) is 0 Å². The van der Waals surface area contributed by atoms with Crippen LogP contribution in [0.3, 0.4) is 0 Å². The van der Waals surface area contributed by atoms with E-state index in [2.05, 4.69) is 4.99 Å². The summed E-state index contributed by atoms with van der Waals surface area (Å²) in [4.78, 5) is 3.65. The summed E-state index contributed by atoms with van der Waals surface area (Å²) in [5.41, 5.74) is 0. The molecule has 0 aromatic heterocycles. The highest BCUT2D eigenvalue weighted by Crippen LogP contribution is 2.32. The van der Waals surface area contributed by atoms with Crippen LogP contribution in [0.5, 0.6) is 0 Å². The third kappa shape index (κ3) is 1.82. The zero-order valence-corrected chi connectivity index (χ0v) is 5.97. The summed E-state index contributed by atoms with van der Waals surface area (Å²) in [6.45, 7) is 1.46. The van der Waals surface area contributed by atoms with Gasteiger partial charge in [0.2, 0.25) is 0 Å². The van der Waals surface area contributed by atoms with Crippen molar-refractivity contribution in [2.45, 2.75) is 19.1 Å². The van der Waals surface area contributed by atoms with Gasteiger partial charge in [0.1, 0.15) is 0 Å². The average molecular weight is 163 g/mol. The maximum Gasteiger partial charge on any atom is 0.397 e. The normalized spacial score (nSPS) is 30.9. The number of aliphatic imine (C=N–C) groups is 1.